The van der Waals surface area contributed by atoms with Crippen molar-refractivity contribution in [3.63, 3.8) is 0 Å². The number of rotatable bonds is 6. The van der Waals surface area contributed by atoms with Gasteiger partial charge in [-0.05, 0) is 12.1 Å². The molecule has 1 saturated heterocycles. The van der Waals surface area contributed by atoms with Crippen molar-refractivity contribution >= 4 is 29.1 Å². The van der Waals surface area contributed by atoms with E-state index in [2.05, 4.69) is 25.5 Å². The first-order chi connectivity index (χ1) is 12.6. The molecule has 0 spiro atoms. The van der Waals surface area contributed by atoms with Gasteiger partial charge in [0.25, 0.3) is 5.91 Å². The fraction of sp³-hybridized carbons (Fsp3) is 0.353. The Labute approximate surface area is 155 Å². The second-order valence-electron chi connectivity index (χ2n) is 5.64. The van der Waals surface area contributed by atoms with Gasteiger partial charge in [-0.2, -0.15) is 0 Å². The Morgan fingerprint density at radius 1 is 1.27 bits per heavy atom. The molecule has 2 aromatic rings. The number of ether oxygens (including phenoxy) is 1. The average Bonchev–Trinajstić information content (AvgIpc) is 2.66. The Morgan fingerprint density at radius 2 is 2.08 bits per heavy atom. The number of anilines is 2. The van der Waals surface area contributed by atoms with Gasteiger partial charge in [0.1, 0.15) is 23.8 Å². The van der Waals surface area contributed by atoms with E-state index in [0.29, 0.717) is 32.1 Å². The monoisotopic (exact) mass is 379 g/mol. The lowest BCUT2D eigenvalue weighted by atomic mass is 10.2. The summed E-state index contributed by atoms with van der Waals surface area (Å²) >= 11 is 5.88. The Hall–Kier alpha value is -2.45. The lowest BCUT2D eigenvalue weighted by Crippen LogP contribution is -2.36. The van der Waals surface area contributed by atoms with E-state index in [0.717, 1.165) is 18.9 Å². The zero-order valence-electron chi connectivity index (χ0n) is 14.0. The first-order valence-corrected chi connectivity index (χ1v) is 8.64. The normalized spacial score (nSPS) is 14.2. The second kappa shape index (κ2) is 8.77. The van der Waals surface area contributed by atoms with Crippen LogP contribution in [0.25, 0.3) is 0 Å². The third-order valence-corrected chi connectivity index (χ3v) is 4.21. The summed E-state index contributed by atoms with van der Waals surface area (Å²) in [5, 5.41) is 5.83. The van der Waals surface area contributed by atoms with E-state index in [4.69, 9.17) is 16.3 Å². The number of halogens is 2. The molecule has 7 nitrogen and oxygen atoms in total. The molecule has 2 heterocycles. The van der Waals surface area contributed by atoms with Crippen LogP contribution in [0.1, 0.15) is 10.4 Å². The van der Waals surface area contributed by atoms with Crippen LogP contribution in [0.4, 0.5) is 16.0 Å². The molecule has 0 unspecified atom stereocenters. The van der Waals surface area contributed by atoms with E-state index in [1.165, 1.54) is 24.5 Å². The first kappa shape index (κ1) is 18.3. The number of benzene rings is 1. The summed E-state index contributed by atoms with van der Waals surface area (Å²) in [5.41, 5.74) is -0.147. The molecule has 2 N–H and O–H groups in total. The minimum absolute atomic E-state index is 0.0846. The molecular weight excluding hydrogens is 361 g/mol. The maximum Gasteiger partial charge on any atom is 0.255 e. The van der Waals surface area contributed by atoms with Crippen molar-refractivity contribution in [3.05, 3.63) is 47.0 Å². The predicted octanol–water partition coefficient (Wildman–Crippen LogP) is 1.95. The third-order valence-electron chi connectivity index (χ3n) is 3.89. The fourth-order valence-corrected chi connectivity index (χ4v) is 2.83. The Morgan fingerprint density at radius 3 is 2.85 bits per heavy atom. The van der Waals surface area contributed by atoms with Gasteiger partial charge in [0, 0.05) is 32.2 Å². The van der Waals surface area contributed by atoms with Crippen LogP contribution >= 0.6 is 11.6 Å². The maximum atomic E-state index is 13.7. The quantitative estimate of drug-likeness (QED) is 0.747. The molecular formula is C17H19ClFN5O2. The summed E-state index contributed by atoms with van der Waals surface area (Å²) < 4.78 is 19.0. The number of amides is 1. The molecule has 0 radical (unpaired) electrons. The van der Waals surface area contributed by atoms with Gasteiger partial charge in [-0.15, -0.1) is 0 Å². The Balaban J connectivity index is 1.50. The lowest BCUT2D eigenvalue weighted by molar-refractivity contribution is 0.0951. The largest absolute Gasteiger partial charge is 0.378 e. The van der Waals surface area contributed by atoms with Gasteiger partial charge in [0.15, 0.2) is 0 Å². The van der Waals surface area contributed by atoms with Crippen molar-refractivity contribution in [2.24, 2.45) is 0 Å². The van der Waals surface area contributed by atoms with E-state index in [-0.39, 0.29) is 10.6 Å². The van der Waals surface area contributed by atoms with Gasteiger partial charge < -0.3 is 20.3 Å². The van der Waals surface area contributed by atoms with Crippen LogP contribution in [0.3, 0.4) is 0 Å². The van der Waals surface area contributed by atoms with Crippen molar-refractivity contribution in [3.8, 4) is 0 Å². The topological polar surface area (TPSA) is 79.4 Å². The predicted molar refractivity (Wildman–Crippen MR) is 97.3 cm³/mol. The lowest BCUT2D eigenvalue weighted by Gasteiger charge is -2.27. The molecule has 9 heteroatoms. The molecule has 1 amide bonds. The van der Waals surface area contributed by atoms with Crippen molar-refractivity contribution in [1.82, 2.24) is 15.3 Å². The summed E-state index contributed by atoms with van der Waals surface area (Å²) in [5.74, 6) is 0.285. The van der Waals surface area contributed by atoms with Gasteiger partial charge in [-0.3, -0.25) is 4.79 Å². The van der Waals surface area contributed by atoms with Crippen LogP contribution in [0, 0.1) is 5.82 Å². The van der Waals surface area contributed by atoms with Gasteiger partial charge >= 0.3 is 0 Å². The zero-order valence-corrected chi connectivity index (χ0v) is 14.8. The van der Waals surface area contributed by atoms with Crippen LogP contribution < -0.4 is 15.5 Å². The van der Waals surface area contributed by atoms with Gasteiger partial charge in [0.2, 0.25) is 0 Å². The molecule has 0 aliphatic carbocycles. The summed E-state index contributed by atoms with van der Waals surface area (Å²) in [7, 11) is 0. The van der Waals surface area contributed by atoms with Crippen LogP contribution in [-0.2, 0) is 4.74 Å². The molecule has 0 atom stereocenters. The molecule has 1 aromatic heterocycles. The number of hydrogen-bond acceptors (Lipinski definition) is 6. The van der Waals surface area contributed by atoms with Crippen LogP contribution in [0.2, 0.25) is 5.02 Å². The fourth-order valence-electron chi connectivity index (χ4n) is 2.58. The van der Waals surface area contributed by atoms with Crippen LogP contribution in [0.5, 0.6) is 0 Å². The number of nitrogens with one attached hydrogen (secondary N) is 2. The standard InChI is InChI=1S/C17H19ClFN5O2/c18-12-2-1-3-13(19)16(12)17(25)21-5-4-20-14-10-15(23-11-22-14)24-6-8-26-9-7-24/h1-3,10-11H,4-9H2,(H,21,25)(H,20,22,23). The molecule has 0 saturated carbocycles. The molecule has 138 valence electrons. The van der Waals surface area contributed by atoms with E-state index in [1.54, 1.807) is 0 Å². The van der Waals surface area contributed by atoms with Gasteiger partial charge in [-0.25, -0.2) is 14.4 Å². The SMILES string of the molecule is O=C(NCCNc1cc(N2CCOCC2)ncn1)c1c(F)cccc1Cl. The van der Waals surface area contributed by atoms with Crippen molar-refractivity contribution < 1.29 is 13.9 Å². The van der Waals surface area contributed by atoms with Gasteiger partial charge in [0.05, 0.1) is 23.8 Å². The number of nitrogens with zero attached hydrogens (tertiary/aromatic N) is 3. The zero-order chi connectivity index (χ0) is 18.4. The number of carbonyl (C=O) groups is 1. The number of carbonyl (C=O) groups excluding carboxylic acids is 1. The molecule has 1 fully saturated rings. The minimum atomic E-state index is -0.645. The van der Waals surface area contributed by atoms with Crippen LogP contribution in [-0.4, -0.2) is 55.3 Å². The molecule has 0 bridgehead atoms. The van der Waals surface area contributed by atoms with E-state index < -0.39 is 11.7 Å². The van der Waals surface area contributed by atoms with E-state index >= 15 is 0 Å². The Kier molecular flexibility index (Phi) is 6.19. The summed E-state index contributed by atoms with van der Waals surface area (Å²) in [6, 6.07) is 5.98. The number of morpholine rings is 1. The molecule has 1 aliphatic heterocycles. The van der Waals surface area contributed by atoms with Crippen molar-refractivity contribution in [2.45, 2.75) is 0 Å². The summed E-state index contributed by atoms with van der Waals surface area (Å²) in [4.78, 5) is 22.6. The first-order valence-electron chi connectivity index (χ1n) is 8.26. The highest BCUT2D eigenvalue weighted by Gasteiger charge is 2.15. The third kappa shape index (κ3) is 4.59. The highest BCUT2D eigenvalue weighted by Crippen LogP contribution is 2.18. The number of aromatic nitrogens is 2. The second-order valence-corrected chi connectivity index (χ2v) is 6.05. The highest BCUT2D eigenvalue weighted by molar-refractivity contribution is 6.33. The van der Waals surface area contributed by atoms with E-state index in [9.17, 15) is 9.18 Å². The number of hydrogen-bond donors (Lipinski definition) is 2. The van der Waals surface area contributed by atoms with E-state index in [1.807, 2.05) is 6.07 Å². The minimum Gasteiger partial charge on any atom is -0.378 e. The Bertz CT molecular complexity index is 750. The van der Waals surface area contributed by atoms with Crippen molar-refractivity contribution in [2.75, 3.05) is 49.6 Å². The van der Waals surface area contributed by atoms with Gasteiger partial charge in [-0.1, -0.05) is 17.7 Å². The molecule has 1 aromatic carbocycles. The molecule has 1 aliphatic rings. The molecule has 3 rings (SSSR count). The van der Waals surface area contributed by atoms with Crippen molar-refractivity contribution in [1.29, 1.82) is 0 Å². The smallest absolute Gasteiger partial charge is 0.255 e. The van der Waals surface area contributed by atoms with Crippen LogP contribution in [0.15, 0.2) is 30.6 Å². The molecule has 26 heavy (non-hydrogen) atoms. The summed E-state index contributed by atoms with van der Waals surface area (Å²) in [6.07, 6.45) is 1.49. The maximum absolute atomic E-state index is 13.7. The average molecular weight is 380 g/mol. The highest BCUT2D eigenvalue weighted by atomic mass is 35.5. The summed E-state index contributed by atoms with van der Waals surface area (Å²) in [6.45, 7) is 3.65.